The molecule has 0 bridgehead atoms. The standard InChI is InChI=1S/C22H22N6O4/c1-31-16-5-2-4-14(12-16)17-13-18(25-24-17)21(29)23-9-10-27-22(30)28(15-7-8-15)20(26-27)19-6-3-11-32-19/h2-6,11-13,15H,7-10H2,1H3,(H,23,29)(H,24,25). The molecule has 1 fully saturated rings. The molecule has 0 radical (unpaired) electrons. The van der Waals surface area contributed by atoms with E-state index in [0.29, 0.717) is 28.7 Å². The number of rotatable bonds is 8. The van der Waals surface area contributed by atoms with Gasteiger partial charge in [0.25, 0.3) is 5.91 Å². The second kappa shape index (κ2) is 8.22. The van der Waals surface area contributed by atoms with Crippen molar-refractivity contribution < 1.29 is 13.9 Å². The minimum absolute atomic E-state index is 0.158. The molecule has 10 heteroatoms. The number of aromatic amines is 1. The van der Waals surface area contributed by atoms with Gasteiger partial charge in [-0.1, -0.05) is 12.1 Å². The number of carbonyl (C=O) groups is 1. The zero-order valence-corrected chi connectivity index (χ0v) is 17.4. The first kappa shape index (κ1) is 19.9. The Morgan fingerprint density at radius 1 is 1.28 bits per heavy atom. The average molecular weight is 434 g/mol. The van der Waals surface area contributed by atoms with Gasteiger partial charge in [0.05, 0.1) is 25.6 Å². The fraction of sp³-hybridized carbons (Fsp3) is 0.273. The fourth-order valence-electron chi connectivity index (χ4n) is 3.54. The van der Waals surface area contributed by atoms with Gasteiger partial charge in [-0.3, -0.25) is 14.5 Å². The summed E-state index contributed by atoms with van der Waals surface area (Å²) in [6.45, 7) is 0.487. The van der Waals surface area contributed by atoms with Crippen molar-refractivity contribution in [1.29, 1.82) is 0 Å². The molecule has 1 amide bonds. The molecule has 10 nitrogen and oxygen atoms in total. The summed E-state index contributed by atoms with van der Waals surface area (Å²) in [7, 11) is 1.60. The lowest BCUT2D eigenvalue weighted by atomic mass is 10.1. The van der Waals surface area contributed by atoms with Crippen molar-refractivity contribution in [3.8, 4) is 28.6 Å². The van der Waals surface area contributed by atoms with Crippen molar-refractivity contribution in [2.75, 3.05) is 13.7 Å². The highest BCUT2D eigenvalue weighted by molar-refractivity contribution is 5.93. The SMILES string of the molecule is COc1cccc(-c2cc(C(=O)NCCn3nc(-c4ccco4)n(C4CC4)c3=O)[nH]n2)c1. The lowest BCUT2D eigenvalue weighted by Gasteiger charge is -2.03. The van der Waals surface area contributed by atoms with E-state index in [4.69, 9.17) is 9.15 Å². The Labute approximate surface area is 182 Å². The molecule has 5 rings (SSSR count). The number of ether oxygens (including phenoxy) is 1. The Morgan fingerprint density at radius 2 is 2.16 bits per heavy atom. The van der Waals surface area contributed by atoms with Crippen LogP contribution in [0.25, 0.3) is 22.8 Å². The van der Waals surface area contributed by atoms with Gasteiger partial charge >= 0.3 is 5.69 Å². The number of nitrogens with one attached hydrogen (secondary N) is 2. The van der Waals surface area contributed by atoms with Crippen LogP contribution < -0.4 is 15.7 Å². The van der Waals surface area contributed by atoms with Crippen LogP contribution in [0.4, 0.5) is 0 Å². The minimum atomic E-state index is -0.312. The molecule has 3 aromatic heterocycles. The average Bonchev–Trinajstić information content (AvgIpc) is 3.21. The minimum Gasteiger partial charge on any atom is -0.497 e. The highest BCUT2D eigenvalue weighted by Gasteiger charge is 2.31. The predicted molar refractivity (Wildman–Crippen MR) is 115 cm³/mol. The molecule has 164 valence electrons. The van der Waals surface area contributed by atoms with Gasteiger partial charge in [-0.25, -0.2) is 9.48 Å². The topological polar surface area (TPSA) is 120 Å². The zero-order chi connectivity index (χ0) is 22.1. The smallest absolute Gasteiger partial charge is 0.346 e. The number of aromatic nitrogens is 5. The summed E-state index contributed by atoms with van der Waals surface area (Å²) in [4.78, 5) is 25.3. The molecular weight excluding hydrogens is 412 g/mol. The maximum Gasteiger partial charge on any atom is 0.346 e. The number of methoxy groups -OCH3 is 1. The van der Waals surface area contributed by atoms with Crippen LogP contribution in [0.15, 0.2) is 57.9 Å². The van der Waals surface area contributed by atoms with Crippen LogP contribution in [0.1, 0.15) is 29.4 Å². The predicted octanol–water partition coefficient (Wildman–Crippen LogP) is 2.47. The van der Waals surface area contributed by atoms with Crippen molar-refractivity contribution in [2.24, 2.45) is 0 Å². The van der Waals surface area contributed by atoms with Crippen LogP contribution in [-0.4, -0.2) is 44.1 Å². The number of furan rings is 1. The van der Waals surface area contributed by atoms with Gasteiger partial charge in [0.2, 0.25) is 5.82 Å². The van der Waals surface area contributed by atoms with Crippen molar-refractivity contribution in [1.82, 2.24) is 29.9 Å². The van der Waals surface area contributed by atoms with Gasteiger partial charge in [0.1, 0.15) is 11.4 Å². The maximum absolute atomic E-state index is 12.8. The number of benzene rings is 1. The van der Waals surface area contributed by atoms with Crippen molar-refractivity contribution in [3.63, 3.8) is 0 Å². The number of H-pyrrole nitrogens is 1. The van der Waals surface area contributed by atoms with E-state index in [2.05, 4.69) is 20.6 Å². The summed E-state index contributed by atoms with van der Waals surface area (Å²) < 4.78 is 13.7. The summed E-state index contributed by atoms with van der Waals surface area (Å²) in [5.41, 5.74) is 1.60. The van der Waals surface area contributed by atoms with E-state index in [0.717, 1.165) is 18.4 Å². The third kappa shape index (κ3) is 3.82. The molecule has 2 N–H and O–H groups in total. The molecule has 1 aliphatic rings. The van der Waals surface area contributed by atoms with E-state index in [1.165, 1.54) is 4.68 Å². The molecule has 3 heterocycles. The van der Waals surface area contributed by atoms with Crippen LogP contribution >= 0.6 is 0 Å². The van der Waals surface area contributed by atoms with Crippen molar-refractivity contribution >= 4 is 5.91 Å². The normalized spacial score (nSPS) is 13.3. The van der Waals surface area contributed by atoms with Gasteiger partial charge in [-0.2, -0.15) is 5.10 Å². The zero-order valence-electron chi connectivity index (χ0n) is 17.4. The molecule has 0 aliphatic heterocycles. The second-order valence-electron chi connectivity index (χ2n) is 7.56. The molecule has 32 heavy (non-hydrogen) atoms. The first-order valence-corrected chi connectivity index (χ1v) is 10.4. The van der Waals surface area contributed by atoms with E-state index >= 15 is 0 Å². The lowest BCUT2D eigenvalue weighted by molar-refractivity contribution is 0.0946. The number of nitrogens with zero attached hydrogens (tertiary/aromatic N) is 4. The number of hydrogen-bond donors (Lipinski definition) is 2. The van der Waals surface area contributed by atoms with Crippen molar-refractivity contribution in [2.45, 2.75) is 25.4 Å². The van der Waals surface area contributed by atoms with E-state index in [-0.39, 0.29) is 30.7 Å². The second-order valence-corrected chi connectivity index (χ2v) is 7.56. The maximum atomic E-state index is 12.8. The Morgan fingerprint density at radius 3 is 2.91 bits per heavy atom. The van der Waals surface area contributed by atoms with E-state index in [9.17, 15) is 9.59 Å². The molecule has 1 aliphatic carbocycles. The molecular formula is C22H22N6O4. The molecule has 0 unspecified atom stereocenters. The van der Waals surface area contributed by atoms with Gasteiger partial charge in [-0.15, -0.1) is 5.10 Å². The van der Waals surface area contributed by atoms with Gasteiger partial charge in [-0.05, 0) is 43.2 Å². The Kier molecular flexibility index (Phi) is 5.10. The number of amides is 1. The highest BCUT2D eigenvalue weighted by atomic mass is 16.5. The Bertz CT molecular complexity index is 1300. The van der Waals surface area contributed by atoms with Gasteiger partial charge in [0, 0.05) is 18.2 Å². The number of carbonyl (C=O) groups excluding carboxylic acids is 1. The molecule has 0 atom stereocenters. The van der Waals surface area contributed by atoms with Gasteiger partial charge in [0.15, 0.2) is 5.76 Å². The van der Waals surface area contributed by atoms with Crippen molar-refractivity contribution in [3.05, 3.63) is 64.9 Å². The first-order chi connectivity index (χ1) is 15.6. The van der Waals surface area contributed by atoms with Crippen LogP contribution in [0, 0.1) is 0 Å². The Balaban J connectivity index is 1.25. The number of hydrogen-bond acceptors (Lipinski definition) is 6. The van der Waals surface area contributed by atoms with Crippen LogP contribution in [0.5, 0.6) is 5.75 Å². The summed E-state index contributed by atoms with van der Waals surface area (Å²) in [5.74, 6) is 1.47. The third-order valence-electron chi connectivity index (χ3n) is 5.32. The molecule has 1 saturated carbocycles. The van der Waals surface area contributed by atoms with Crippen LogP contribution in [0.3, 0.4) is 0 Å². The summed E-state index contributed by atoms with van der Waals surface area (Å²) in [6.07, 6.45) is 3.46. The molecule has 0 spiro atoms. The van der Waals surface area contributed by atoms with Crippen LogP contribution in [0.2, 0.25) is 0 Å². The summed E-state index contributed by atoms with van der Waals surface area (Å²) in [6, 6.07) is 12.8. The largest absolute Gasteiger partial charge is 0.497 e. The summed E-state index contributed by atoms with van der Waals surface area (Å²) >= 11 is 0. The quantitative estimate of drug-likeness (QED) is 0.440. The fourth-order valence-corrected chi connectivity index (χ4v) is 3.54. The molecule has 0 saturated heterocycles. The lowest BCUT2D eigenvalue weighted by Crippen LogP contribution is -2.32. The molecule has 1 aromatic carbocycles. The molecule has 4 aromatic rings. The highest BCUT2D eigenvalue weighted by Crippen LogP contribution is 2.36. The first-order valence-electron chi connectivity index (χ1n) is 10.4. The van der Waals surface area contributed by atoms with E-state index in [1.807, 2.05) is 24.3 Å². The van der Waals surface area contributed by atoms with E-state index in [1.54, 1.807) is 36.1 Å². The monoisotopic (exact) mass is 434 g/mol. The third-order valence-corrected chi connectivity index (χ3v) is 5.32. The summed E-state index contributed by atoms with van der Waals surface area (Å²) in [5, 5.41) is 14.2. The van der Waals surface area contributed by atoms with Gasteiger partial charge < -0.3 is 14.5 Å². The van der Waals surface area contributed by atoms with Crippen LogP contribution in [-0.2, 0) is 6.54 Å². The van der Waals surface area contributed by atoms with E-state index < -0.39 is 0 Å². The Hall–Kier alpha value is -4.08.